The number of hydrogen-bond donors (Lipinski definition) is 4. The Bertz CT molecular complexity index is 1170. The smallest absolute Gasteiger partial charge is 0.238 e. The van der Waals surface area contributed by atoms with E-state index in [9.17, 15) is 29.8 Å². The molecular weight excluding hydrogens is 391 g/mol. The first-order chi connectivity index (χ1) is 13.1. The summed E-state index contributed by atoms with van der Waals surface area (Å²) in [4.78, 5) is 12.4. The molecule has 3 rings (SSSR count). The molecule has 0 aliphatic rings. The monoisotopic (exact) mass is 408 g/mol. The average molecular weight is 408 g/mol. The van der Waals surface area contributed by atoms with Crippen molar-refractivity contribution in [2.24, 2.45) is 0 Å². The second-order valence-corrected chi connectivity index (χ2v) is 8.75. The predicted octanol–water partition coefficient (Wildman–Crippen LogP) is 3.17. The number of ether oxygens (including phenoxy) is 1. The van der Waals surface area contributed by atoms with Crippen molar-refractivity contribution in [3.63, 3.8) is 0 Å². The summed E-state index contributed by atoms with van der Waals surface area (Å²) >= 11 is 0. The summed E-state index contributed by atoms with van der Waals surface area (Å²) in [6, 6.07) is 5.93. The second-order valence-electron chi connectivity index (χ2n) is 6.10. The third kappa shape index (κ3) is 3.62. The van der Waals surface area contributed by atoms with Gasteiger partial charge >= 0.3 is 0 Å². The lowest BCUT2D eigenvalue weighted by molar-refractivity contribution is 0.315. The third-order valence-corrected chi connectivity index (χ3v) is 5.37. The van der Waals surface area contributed by atoms with Gasteiger partial charge in [0.05, 0.1) is 0 Å². The van der Waals surface area contributed by atoms with Gasteiger partial charge in [-0.05, 0) is 18.2 Å². The highest BCUT2D eigenvalue weighted by Gasteiger charge is 2.21. The molecule has 1 unspecified atom stereocenters. The summed E-state index contributed by atoms with van der Waals surface area (Å²) < 4.78 is 27.6. The fourth-order valence-electron chi connectivity index (χ4n) is 2.48. The van der Waals surface area contributed by atoms with E-state index in [0.29, 0.717) is 0 Å². The number of rotatable bonds is 5. The maximum absolute atomic E-state index is 12.4. The van der Waals surface area contributed by atoms with Crippen LogP contribution in [0.25, 0.3) is 22.3 Å². The minimum Gasteiger partial charge on any atom is -0.508 e. The molecule has 0 saturated carbocycles. The molecule has 9 nitrogen and oxygen atoms in total. The summed E-state index contributed by atoms with van der Waals surface area (Å²) in [6.07, 6.45) is -0.310. The summed E-state index contributed by atoms with van der Waals surface area (Å²) in [5.41, 5.74) is -0.888. The van der Waals surface area contributed by atoms with Crippen molar-refractivity contribution in [2.75, 3.05) is 20.1 Å². The molecule has 0 fully saturated rings. The topological polar surface area (TPSA) is 147 Å². The van der Waals surface area contributed by atoms with Crippen LogP contribution in [0.5, 0.6) is 28.7 Å². The molecule has 148 valence electrons. The fourth-order valence-corrected chi connectivity index (χ4v) is 2.96. The van der Waals surface area contributed by atoms with Crippen molar-refractivity contribution in [1.29, 1.82) is 0 Å². The molecule has 0 amide bonds. The lowest BCUT2D eigenvalue weighted by Crippen LogP contribution is -2.03. The predicted molar refractivity (Wildman–Crippen MR) is 101 cm³/mol. The standard InChI is InChI=1S/C18H17O9P/c1-25-28(2,24)8-26-13-5-9(3-4-11(13)20)18-17(23)16(22)15-12(21)6-10(19)7-14(15)27-18/h3-7,19-21,23H,8H2,1-2H3. The second kappa shape index (κ2) is 7.10. The lowest BCUT2D eigenvalue weighted by Gasteiger charge is -2.14. The van der Waals surface area contributed by atoms with Gasteiger partial charge in [0.2, 0.25) is 18.5 Å². The van der Waals surface area contributed by atoms with Crippen molar-refractivity contribution < 1.29 is 38.7 Å². The van der Waals surface area contributed by atoms with E-state index in [-0.39, 0.29) is 45.9 Å². The number of aromatic hydroxyl groups is 4. The zero-order valence-electron chi connectivity index (χ0n) is 14.9. The van der Waals surface area contributed by atoms with Crippen molar-refractivity contribution >= 4 is 18.3 Å². The van der Waals surface area contributed by atoms with Crippen LogP contribution >= 0.6 is 7.37 Å². The quantitative estimate of drug-likeness (QED) is 0.467. The van der Waals surface area contributed by atoms with Gasteiger partial charge in [-0.15, -0.1) is 0 Å². The number of hydrogen-bond acceptors (Lipinski definition) is 9. The summed E-state index contributed by atoms with van der Waals surface area (Å²) in [7, 11) is -1.75. The maximum atomic E-state index is 12.4. The number of fused-ring (bicyclic) bond motifs is 1. The van der Waals surface area contributed by atoms with Gasteiger partial charge in [0.25, 0.3) is 0 Å². The molecule has 10 heteroatoms. The molecule has 2 aromatic carbocycles. The molecule has 0 aliphatic carbocycles. The van der Waals surface area contributed by atoms with E-state index in [0.717, 1.165) is 12.1 Å². The van der Waals surface area contributed by atoms with E-state index in [1.54, 1.807) is 0 Å². The van der Waals surface area contributed by atoms with Crippen LogP contribution in [0, 0.1) is 0 Å². The third-order valence-electron chi connectivity index (χ3n) is 4.00. The fraction of sp³-hybridized carbons (Fsp3) is 0.167. The number of phenolic OH excluding ortho intramolecular Hbond substituents is 3. The molecule has 0 aliphatic heterocycles. The normalized spacial score (nSPS) is 13.4. The van der Waals surface area contributed by atoms with Gasteiger partial charge in [-0.2, -0.15) is 0 Å². The van der Waals surface area contributed by atoms with Gasteiger partial charge in [-0.1, -0.05) is 0 Å². The first kappa shape index (κ1) is 19.6. The molecule has 1 aromatic heterocycles. The first-order valence-corrected chi connectivity index (χ1v) is 10.2. The highest BCUT2D eigenvalue weighted by atomic mass is 31.2. The van der Waals surface area contributed by atoms with Crippen LogP contribution in [0.15, 0.2) is 39.5 Å². The van der Waals surface area contributed by atoms with Crippen LogP contribution in [0.4, 0.5) is 0 Å². The molecule has 0 spiro atoms. The Morgan fingerprint density at radius 2 is 1.79 bits per heavy atom. The van der Waals surface area contributed by atoms with Crippen LogP contribution in [-0.2, 0) is 9.09 Å². The Labute approximate surface area is 158 Å². The molecule has 28 heavy (non-hydrogen) atoms. The van der Waals surface area contributed by atoms with Gasteiger partial charge in [0.15, 0.2) is 23.6 Å². The van der Waals surface area contributed by atoms with Crippen LogP contribution in [0.2, 0.25) is 0 Å². The van der Waals surface area contributed by atoms with Gasteiger partial charge in [-0.25, -0.2) is 0 Å². The van der Waals surface area contributed by atoms with Gasteiger partial charge in [0.1, 0.15) is 22.5 Å². The van der Waals surface area contributed by atoms with Crippen molar-refractivity contribution in [3.8, 4) is 40.1 Å². The minimum absolute atomic E-state index is 0.0717. The Balaban J connectivity index is 2.12. The molecule has 4 N–H and O–H groups in total. The van der Waals surface area contributed by atoms with Gasteiger partial charge in [0, 0.05) is 31.5 Å². The average Bonchev–Trinajstić information content (AvgIpc) is 2.63. The molecule has 0 radical (unpaired) electrons. The zero-order valence-corrected chi connectivity index (χ0v) is 15.8. The molecular formula is C18H17O9P. The molecule has 0 saturated heterocycles. The number of benzene rings is 2. The first-order valence-electron chi connectivity index (χ1n) is 7.93. The highest BCUT2D eigenvalue weighted by molar-refractivity contribution is 7.57. The largest absolute Gasteiger partial charge is 0.508 e. The molecule has 1 heterocycles. The van der Waals surface area contributed by atoms with E-state index < -0.39 is 24.3 Å². The number of phenols is 3. The van der Waals surface area contributed by atoms with Crippen LogP contribution in [0.3, 0.4) is 0 Å². The minimum atomic E-state index is -3.02. The van der Waals surface area contributed by atoms with E-state index in [2.05, 4.69) is 0 Å². The molecule has 1 atom stereocenters. The molecule has 0 bridgehead atoms. The van der Waals surface area contributed by atoms with Crippen LogP contribution < -0.4 is 10.2 Å². The van der Waals surface area contributed by atoms with Crippen molar-refractivity contribution in [2.45, 2.75) is 0 Å². The molecule has 3 aromatic rings. The Morgan fingerprint density at radius 1 is 1.07 bits per heavy atom. The Kier molecular flexibility index (Phi) is 4.97. The van der Waals surface area contributed by atoms with Crippen LogP contribution in [-0.4, -0.2) is 40.5 Å². The van der Waals surface area contributed by atoms with Crippen molar-refractivity contribution in [3.05, 3.63) is 40.6 Å². The summed E-state index contributed by atoms with van der Waals surface area (Å²) in [5.74, 6) is -2.26. The summed E-state index contributed by atoms with van der Waals surface area (Å²) in [6.45, 7) is 1.36. The Morgan fingerprint density at radius 3 is 2.46 bits per heavy atom. The Hall–Kier alpha value is -3.16. The maximum Gasteiger partial charge on any atom is 0.238 e. The zero-order chi connectivity index (χ0) is 20.6. The van der Waals surface area contributed by atoms with E-state index in [1.165, 1.54) is 32.0 Å². The highest BCUT2D eigenvalue weighted by Crippen LogP contribution is 2.43. The summed E-state index contributed by atoms with van der Waals surface area (Å²) in [5, 5.41) is 39.4. The van der Waals surface area contributed by atoms with Crippen LogP contribution in [0.1, 0.15) is 0 Å². The van der Waals surface area contributed by atoms with Crippen molar-refractivity contribution in [1.82, 2.24) is 0 Å². The van der Waals surface area contributed by atoms with E-state index in [1.807, 2.05) is 0 Å². The van der Waals surface area contributed by atoms with Gasteiger partial charge < -0.3 is 34.1 Å². The van der Waals surface area contributed by atoms with E-state index >= 15 is 0 Å². The van der Waals surface area contributed by atoms with Gasteiger partial charge in [-0.3, -0.25) is 9.36 Å². The van der Waals surface area contributed by atoms with E-state index in [4.69, 9.17) is 13.7 Å². The lowest BCUT2D eigenvalue weighted by atomic mass is 10.1. The SMILES string of the molecule is COP(C)(=O)COc1cc(-c2oc3cc(O)cc(O)c3c(=O)c2O)ccc1O.